The predicted molar refractivity (Wildman–Crippen MR) is 120 cm³/mol. The zero-order chi connectivity index (χ0) is 19.1. The standard InChI is InChI=1S/C26H22N2/c1-18-11-14-20(15-12-18)27-23-16-13-19(2)17-26(23)28-24-9-5-3-7-21(24)22-8-4-6-10-25(22)28/h3-17,27H,1-2H3. The summed E-state index contributed by atoms with van der Waals surface area (Å²) in [6, 6.07) is 32.4. The summed E-state index contributed by atoms with van der Waals surface area (Å²) in [5.41, 5.74) is 8.31. The lowest BCUT2D eigenvalue weighted by Gasteiger charge is -2.16. The summed E-state index contributed by atoms with van der Waals surface area (Å²) in [5, 5.41) is 6.18. The second kappa shape index (κ2) is 6.58. The van der Waals surface area contributed by atoms with E-state index in [1.165, 1.54) is 32.9 Å². The van der Waals surface area contributed by atoms with E-state index in [1.807, 2.05) is 0 Å². The molecule has 0 aliphatic heterocycles. The number of nitrogens with zero attached hydrogens (tertiary/aromatic N) is 1. The van der Waals surface area contributed by atoms with Crippen LogP contribution in [0.4, 0.5) is 11.4 Å². The first kappa shape index (κ1) is 16.6. The molecule has 0 bridgehead atoms. The summed E-state index contributed by atoms with van der Waals surface area (Å²) in [7, 11) is 0. The number of benzene rings is 4. The van der Waals surface area contributed by atoms with Crippen molar-refractivity contribution in [1.82, 2.24) is 4.57 Å². The minimum atomic E-state index is 1.09. The van der Waals surface area contributed by atoms with E-state index < -0.39 is 0 Å². The highest BCUT2D eigenvalue weighted by molar-refractivity contribution is 6.09. The first-order chi connectivity index (χ1) is 13.7. The van der Waals surface area contributed by atoms with Gasteiger partial charge in [0.1, 0.15) is 0 Å². The quantitative estimate of drug-likeness (QED) is 0.361. The molecule has 0 fully saturated rings. The molecule has 4 aromatic carbocycles. The van der Waals surface area contributed by atoms with Gasteiger partial charge in [0, 0.05) is 16.5 Å². The number of anilines is 2. The Balaban J connectivity index is 1.77. The third-order valence-corrected chi connectivity index (χ3v) is 5.30. The van der Waals surface area contributed by atoms with Gasteiger partial charge in [-0.1, -0.05) is 60.2 Å². The van der Waals surface area contributed by atoms with Crippen molar-refractivity contribution >= 4 is 33.2 Å². The molecular formula is C26H22N2. The maximum absolute atomic E-state index is 3.62. The van der Waals surface area contributed by atoms with E-state index in [1.54, 1.807) is 0 Å². The maximum Gasteiger partial charge on any atom is 0.0699 e. The lowest BCUT2D eigenvalue weighted by Crippen LogP contribution is -2.01. The molecule has 28 heavy (non-hydrogen) atoms. The average molecular weight is 362 g/mol. The van der Waals surface area contributed by atoms with Gasteiger partial charge in [-0.2, -0.15) is 0 Å². The Morgan fingerprint density at radius 1 is 0.607 bits per heavy atom. The molecule has 1 aromatic heterocycles. The van der Waals surface area contributed by atoms with E-state index >= 15 is 0 Å². The molecule has 136 valence electrons. The Kier molecular flexibility index (Phi) is 3.91. The fourth-order valence-electron chi connectivity index (χ4n) is 3.91. The van der Waals surface area contributed by atoms with Crippen LogP contribution in [0.2, 0.25) is 0 Å². The molecule has 1 N–H and O–H groups in total. The van der Waals surface area contributed by atoms with Gasteiger partial charge in [-0.15, -0.1) is 0 Å². The Morgan fingerprint density at radius 2 is 1.18 bits per heavy atom. The van der Waals surface area contributed by atoms with Gasteiger partial charge in [-0.25, -0.2) is 0 Å². The molecule has 0 atom stereocenters. The van der Waals surface area contributed by atoms with Crippen molar-refractivity contribution in [2.24, 2.45) is 0 Å². The van der Waals surface area contributed by atoms with Crippen LogP contribution in [-0.4, -0.2) is 4.57 Å². The van der Waals surface area contributed by atoms with Gasteiger partial charge in [0.15, 0.2) is 0 Å². The van der Waals surface area contributed by atoms with E-state index in [-0.39, 0.29) is 0 Å². The largest absolute Gasteiger partial charge is 0.354 e. The fraction of sp³-hybridized carbons (Fsp3) is 0.0769. The molecule has 5 rings (SSSR count). The lowest BCUT2D eigenvalue weighted by molar-refractivity contribution is 1.17. The molecule has 2 nitrogen and oxygen atoms in total. The highest BCUT2D eigenvalue weighted by atomic mass is 15.0. The summed E-state index contributed by atoms with van der Waals surface area (Å²) >= 11 is 0. The Morgan fingerprint density at radius 3 is 1.82 bits per heavy atom. The molecule has 0 radical (unpaired) electrons. The van der Waals surface area contributed by atoms with Crippen molar-refractivity contribution in [1.29, 1.82) is 0 Å². The first-order valence-electron chi connectivity index (χ1n) is 9.63. The van der Waals surface area contributed by atoms with Crippen LogP contribution in [0, 0.1) is 13.8 Å². The molecule has 0 spiro atoms. The maximum atomic E-state index is 3.62. The third-order valence-electron chi connectivity index (χ3n) is 5.30. The fourth-order valence-corrected chi connectivity index (χ4v) is 3.91. The number of para-hydroxylation sites is 2. The number of fused-ring (bicyclic) bond motifs is 3. The molecular weight excluding hydrogens is 340 g/mol. The summed E-state index contributed by atoms with van der Waals surface area (Å²) < 4.78 is 2.37. The predicted octanol–water partition coefficient (Wildman–Crippen LogP) is 7.14. The van der Waals surface area contributed by atoms with Crippen LogP contribution in [0.15, 0.2) is 91.0 Å². The molecule has 5 aromatic rings. The summed E-state index contributed by atoms with van der Waals surface area (Å²) in [4.78, 5) is 0. The van der Waals surface area contributed by atoms with E-state index in [9.17, 15) is 0 Å². The van der Waals surface area contributed by atoms with Gasteiger partial charge in [0.05, 0.1) is 22.4 Å². The Bertz CT molecular complexity index is 1240. The minimum Gasteiger partial charge on any atom is -0.354 e. The van der Waals surface area contributed by atoms with Crippen LogP contribution in [0.5, 0.6) is 0 Å². The monoisotopic (exact) mass is 362 g/mol. The third kappa shape index (κ3) is 2.74. The Labute approximate surface area is 165 Å². The molecule has 0 amide bonds. The van der Waals surface area contributed by atoms with Crippen LogP contribution < -0.4 is 5.32 Å². The zero-order valence-electron chi connectivity index (χ0n) is 16.1. The SMILES string of the molecule is Cc1ccc(Nc2ccc(C)cc2-n2c3ccccc3c3ccccc32)cc1. The molecule has 0 aliphatic rings. The van der Waals surface area contributed by atoms with Crippen LogP contribution in [0.1, 0.15) is 11.1 Å². The smallest absolute Gasteiger partial charge is 0.0699 e. The van der Waals surface area contributed by atoms with Gasteiger partial charge in [0.2, 0.25) is 0 Å². The molecule has 1 heterocycles. The van der Waals surface area contributed by atoms with Gasteiger partial charge in [0.25, 0.3) is 0 Å². The van der Waals surface area contributed by atoms with Crippen molar-refractivity contribution in [2.45, 2.75) is 13.8 Å². The summed E-state index contributed by atoms with van der Waals surface area (Å²) in [6.07, 6.45) is 0. The summed E-state index contributed by atoms with van der Waals surface area (Å²) in [6.45, 7) is 4.26. The topological polar surface area (TPSA) is 17.0 Å². The second-order valence-electron chi connectivity index (χ2n) is 7.38. The van der Waals surface area contributed by atoms with E-state index in [0.717, 1.165) is 17.1 Å². The molecule has 0 unspecified atom stereocenters. The number of nitrogens with one attached hydrogen (secondary N) is 1. The Hall–Kier alpha value is -3.52. The lowest BCUT2D eigenvalue weighted by atomic mass is 10.1. The molecule has 0 saturated heterocycles. The summed E-state index contributed by atoms with van der Waals surface area (Å²) in [5.74, 6) is 0. The van der Waals surface area contributed by atoms with Crippen LogP contribution in [0.25, 0.3) is 27.5 Å². The van der Waals surface area contributed by atoms with E-state index in [4.69, 9.17) is 0 Å². The highest BCUT2D eigenvalue weighted by Crippen LogP contribution is 2.35. The number of aromatic nitrogens is 1. The average Bonchev–Trinajstić information content (AvgIpc) is 3.05. The van der Waals surface area contributed by atoms with Crippen molar-refractivity contribution in [3.63, 3.8) is 0 Å². The molecule has 0 saturated carbocycles. The van der Waals surface area contributed by atoms with Crippen LogP contribution >= 0.6 is 0 Å². The number of aryl methyl sites for hydroxylation is 2. The zero-order valence-corrected chi connectivity index (χ0v) is 16.1. The van der Waals surface area contributed by atoms with Gasteiger partial charge >= 0.3 is 0 Å². The van der Waals surface area contributed by atoms with Gasteiger partial charge in [-0.05, 0) is 55.8 Å². The van der Waals surface area contributed by atoms with Crippen molar-refractivity contribution in [3.05, 3.63) is 102 Å². The number of hydrogen-bond acceptors (Lipinski definition) is 1. The number of rotatable bonds is 3. The van der Waals surface area contributed by atoms with Crippen molar-refractivity contribution in [2.75, 3.05) is 5.32 Å². The molecule has 0 aliphatic carbocycles. The van der Waals surface area contributed by atoms with Crippen LogP contribution in [0.3, 0.4) is 0 Å². The molecule has 2 heteroatoms. The van der Waals surface area contributed by atoms with Gasteiger partial charge in [-0.3, -0.25) is 0 Å². The van der Waals surface area contributed by atoms with Crippen molar-refractivity contribution < 1.29 is 0 Å². The van der Waals surface area contributed by atoms with E-state index in [0.29, 0.717) is 0 Å². The van der Waals surface area contributed by atoms with E-state index in [2.05, 4.69) is 115 Å². The minimum absolute atomic E-state index is 1.09. The second-order valence-corrected chi connectivity index (χ2v) is 7.38. The van der Waals surface area contributed by atoms with Crippen LogP contribution in [-0.2, 0) is 0 Å². The highest BCUT2D eigenvalue weighted by Gasteiger charge is 2.14. The normalized spacial score (nSPS) is 11.2. The number of hydrogen-bond donors (Lipinski definition) is 1. The van der Waals surface area contributed by atoms with Crippen molar-refractivity contribution in [3.8, 4) is 5.69 Å². The first-order valence-corrected chi connectivity index (χ1v) is 9.63. The van der Waals surface area contributed by atoms with Gasteiger partial charge < -0.3 is 9.88 Å².